The number of hydrogen-bond acceptors (Lipinski definition) is 4. The maximum Gasteiger partial charge on any atom is 0.127 e. The molecule has 3 atom stereocenters. The Morgan fingerprint density at radius 2 is 2.00 bits per heavy atom. The number of β-amino-alcohol motifs (C(OH)–C–C–N with tert-alkyl or cyclic N) is 1. The molecular formula is C19H25NO3. The number of fused-ring (bicyclic) bond motifs is 1. The van der Waals surface area contributed by atoms with Crippen LogP contribution in [0, 0.1) is 0 Å². The first-order valence-electron chi connectivity index (χ1n) is 8.28. The predicted molar refractivity (Wildman–Crippen MR) is 91.9 cm³/mol. The van der Waals surface area contributed by atoms with E-state index in [0.717, 1.165) is 29.7 Å². The molecule has 2 aromatic carbocycles. The van der Waals surface area contributed by atoms with Crippen LogP contribution in [0.3, 0.4) is 0 Å². The number of aliphatic hydroxyl groups is 1. The number of ether oxygens (including phenoxy) is 2. The van der Waals surface area contributed by atoms with E-state index in [2.05, 4.69) is 30.9 Å². The smallest absolute Gasteiger partial charge is 0.127 e. The van der Waals surface area contributed by atoms with E-state index in [1.807, 2.05) is 30.3 Å². The van der Waals surface area contributed by atoms with Crippen LogP contribution in [0.2, 0.25) is 0 Å². The van der Waals surface area contributed by atoms with Crippen LogP contribution >= 0.6 is 0 Å². The van der Waals surface area contributed by atoms with Gasteiger partial charge in [0.15, 0.2) is 0 Å². The van der Waals surface area contributed by atoms with Crippen LogP contribution in [0.15, 0.2) is 42.5 Å². The Kier molecular flexibility index (Phi) is 5.16. The Morgan fingerprint density at radius 3 is 2.87 bits per heavy atom. The van der Waals surface area contributed by atoms with Crippen molar-refractivity contribution in [3.63, 3.8) is 0 Å². The van der Waals surface area contributed by atoms with E-state index in [4.69, 9.17) is 9.47 Å². The lowest BCUT2D eigenvalue weighted by Gasteiger charge is -2.37. The fraction of sp³-hybridized carbons (Fsp3) is 0.474. The number of morpholine rings is 1. The van der Waals surface area contributed by atoms with Gasteiger partial charge in [0.25, 0.3) is 0 Å². The topological polar surface area (TPSA) is 41.9 Å². The molecule has 0 aliphatic carbocycles. The van der Waals surface area contributed by atoms with Crippen molar-refractivity contribution in [3.05, 3.63) is 42.5 Å². The fourth-order valence-electron chi connectivity index (χ4n) is 3.06. The molecule has 4 heteroatoms. The lowest BCUT2D eigenvalue weighted by atomic mass is 10.1. The summed E-state index contributed by atoms with van der Waals surface area (Å²) < 4.78 is 11.5. The molecule has 23 heavy (non-hydrogen) atoms. The van der Waals surface area contributed by atoms with Gasteiger partial charge < -0.3 is 14.6 Å². The van der Waals surface area contributed by atoms with Crippen LogP contribution in [0.1, 0.15) is 13.8 Å². The van der Waals surface area contributed by atoms with Gasteiger partial charge in [0, 0.05) is 24.5 Å². The van der Waals surface area contributed by atoms with Crippen molar-refractivity contribution >= 4 is 10.8 Å². The molecule has 0 bridgehead atoms. The third-order valence-corrected chi connectivity index (χ3v) is 4.36. The highest BCUT2D eigenvalue weighted by Gasteiger charge is 2.25. The zero-order chi connectivity index (χ0) is 16.2. The van der Waals surface area contributed by atoms with Crippen molar-refractivity contribution < 1.29 is 14.6 Å². The molecule has 1 aliphatic heterocycles. The van der Waals surface area contributed by atoms with Crippen molar-refractivity contribution in [2.75, 3.05) is 26.3 Å². The maximum atomic E-state index is 10.3. The van der Waals surface area contributed by atoms with E-state index >= 15 is 0 Å². The normalized spacial score (nSPS) is 23.8. The van der Waals surface area contributed by atoms with E-state index in [9.17, 15) is 5.11 Å². The Bertz CT molecular complexity index is 640. The lowest BCUT2D eigenvalue weighted by Crippen LogP contribution is -2.50. The second kappa shape index (κ2) is 7.30. The standard InChI is InChI=1S/C19H25NO3/c1-14-12-22-15(2)10-20(14)11-17(21)13-23-19-9-5-7-16-6-3-4-8-18(16)19/h3-9,14-15,17,21H,10-13H2,1-2H3/t14-,15+,17-/m0/s1. The average Bonchev–Trinajstić information content (AvgIpc) is 2.56. The summed E-state index contributed by atoms with van der Waals surface area (Å²) in [6, 6.07) is 14.5. The van der Waals surface area contributed by atoms with E-state index in [-0.39, 0.29) is 6.10 Å². The second-order valence-electron chi connectivity index (χ2n) is 6.39. The highest BCUT2D eigenvalue weighted by Crippen LogP contribution is 2.25. The van der Waals surface area contributed by atoms with Gasteiger partial charge in [-0.25, -0.2) is 0 Å². The molecular weight excluding hydrogens is 290 g/mol. The third kappa shape index (κ3) is 4.02. The van der Waals surface area contributed by atoms with Crippen molar-refractivity contribution in [1.82, 2.24) is 4.90 Å². The van der Waals surface area contributed by atoms with Gasteiger partial charge in [0.1, 0.15) is 18.5 Å². The van der Waals surface area contributed by atoms with E-state index in [0.29, 0.717) is 19.2 Å². The summed E-state index contributed by atoms with van der Waals surface area (Å²) in [6.45, 7) is 6.68. The number of aliphatic hydroxyl groups excluding tert-OH is 1. The monoisotopic (exact) mass is 315 g/mol. The number of hydrogen-bond donors (Lipinski definition) is 1. The maximum absolute atomic E-state index is 10.3. The Balaban J connectivity index is 1.59. The Hall–Kier alpha value is -1.62. The summed E-state index contributed by atoms with van der Waals surface area (Å²) in [5, 5.41) is 12.6. The first-order chi connectivity index (χ1) is 11.1. The molecule has 0 amide bonds. The van der Waals surface area contributed by atoms with Gasteiger partial charge in [-0.1, -0.05) is 36.4 Å². The highest BCUT2D eigenvalue weighted by atomic mass is 16.5. The van der Waals surface area contributed by atoms with Gasteiger partial charge in [0.2, 0.25) is 0 Å². The first kappa shape index (κ1) is 16.2. The van der Waals surface area contributed by atoms with Gasteiger partial charge in [-0.2, -0.15) is 0 Å². The molecule has 124 valence electrons. The molecule has 0 radical (unpaired) electrons. The minimum atomic E-state index is -0.512. The van der Waals surface area contributed by atoms with Crippen LogP contribution in [0.4, 0.5) is 0 Å². The molecule has 2 aromatic rings. The SMILES string of the molecule is C[C@@H]1CN(C[C@H](O)COc2cccc3ccccc23)[C@@H](C)CO1. The van der Waals surface area contributed by atoms with Crippen molar-refractivity contribution in [2.45, 2.75) is 32.1 Å². The van der Waals surface area contributed by atoms with Crippen LogP contribution in [0.5, 0.6) is 5.75 Å². The van der Waals surface area contributed by atoms with E-state index in [1.54, 1.807) is 0 Å². The molecule has 0 saturated carbocycles. The van der Waals surface area contributed by atoms with Crippen LogP contribution in [0.25, 0.3) is 10.8 Å². The minimum Gasteiger partial charge on any atom is -0.490 e. The molecule has 0 spiro atoms. The van der Waals surface area contributed by atoms with E-state index < -0.39 is 6.10 Å². The molecule has 4 nitrogen and oxygen atoms in total. The number of rotatable bonds is 5. The molecule has 1 N–H and O–H groups in total. The Morgan fingerprint density at radius 1 is 1.22 bits per heavy atom. The van der Waals surface area contributed by atoms with Crippen LogP contribution in [-0.2, 0) is 4.74 Å². The van der Waals surface area contributed by atoms with Gasteiger partial charge >= 0.3 is 0 Å². The Labute approximate surface area is 137 Å². The number of nitrogens with zero attached hydrogens (tertiary/aromatic N) is 1. The van der Waals surface area contributed by atoms with Gasteiger partial charge in [-0.3, -0.25) is 4.90 Å². The molecule has 1 aliphatic rings. The molecule has 0 aromatic heterocycles. The van der Waals surface area contributed by atoms with Crippen molar-refractivity contribution in [1.29, 1.82) is 0 Å². The predicted octanol–water partition coefficient (Wildman–Crippen LogP) is 2.69. The molecule has 1 saturated heterocycles. The largest absolute Gasteiger partial charge is 0.490 e. The molecule has 1 heterocycles. The summed E-state index contributed by atoms with van der Waals surface area (Å²) in [4.78, 5) is 2.27. The summed E-state index contributed by atoms with van der Waals surface area (Å²) in [6.07, 6.45) is -0.292. The molecule has 3 rings (SSSR count). The number of benzene rings is 2. The summed E-state index contributed by atoms with van der Waals surface area (Å²) in [7, 11) is 0. The van der Waals surface area contributed by atoms with Gasteiger partial charge in [-0.05, 0) is 25.3 Å². The van der Waals surface area contributed by atoms with Gasteiger partial charge in [-0.15, -0.1) is 0 Å². The quantitative estimate of drug-likeness (QED) is 0.921. The fourth-order valence-corrected chi connectivity index (χ4v) is 3.06. The average molecular weight is 315 g/mol. The summed E-state index contributed by atoms with van der Waals surface area (Å²) in [5.41, 5.74) is 0. The zero-order valence-electron chi connectivity index (χ0n) is 13.8. The summed E-state index contributed by atoms with van der Waals surface area (Å²) >= 11 is 0. The molecule has 0 unspecified atom stereocenters. The highest BCUT2D eigenvalue weighted by molar-refractivity contribution is 5.88. The third-order valence-electron chi connectivity index (χ3n) is 4.36. The zero-order valence-corrected chi connectivity index (χ0v) is 13.8. The lowest BCUT2D eigenvalue weighted by molar-refractivity contribution is -0.0650. The van der Waals surface area contributed by atoms with Crippen molar-refractivity contribution in [3.8, 4) is 5.75 Å². The van der Waals surface area contributed by atoms with Crippen LogP contribution in [-0.4, -0.2) is 54.6 Å². The first-order valence-corrected chi connectivity index (χ1v) is 8.28. The van der Waals surface area contributed by atoms with Crippen LogP contribution < -0.4 is 4.74 Å². The second-order valence-corrected chi connectivity index (χ2v) is 6.39. The van der Waals surface area contributed by atoms with Gasteiger partial charge in [0.05, 0.1) is 12.7 Å². The molecule has 1 fully saturated rings. The minimum absolute atomic E-state index is 0.220. The van der Waals surface area contributed by atoms with Crippen molar-refractivity contribution in [2.24, 2.45) is 0 Å². The van der Waals surface area contributed by atoms with E-state index in [1.165, 1.54) is 0 Å². The summed E-state index contributed by atoms with van der Waals surface area (Å²) in [5.74, 6) is 0.825.